The molecule has 0 radical (unpaired) electrons. The van der Waals surface area contributed by atoms with E-state index < -0.39 is 24.3 Å². The minimum Gasteiger partial charge on any atom is -0.475 e. The van der Waals surface area contributed by atoms with Gasteiger partial charge in [0, 0.05) is 54.8 Å². The first-order valence-corrected chi connectivity index (χ1v) is 15.7. The fourth-order valence-corrected chi connectivity index (χ4v) is 4.70. The molecular formula is C33H39F6N7O6. The number of halogens is 6. The number of nitrogens with two attached hydrogens (primary N) is 1. The van der Waals surface area contributed by atoms with Gasteiger partial charge in [0.15, 0.2) is 0 Å². The summed E-state index contributed by atoms with van der Waals surface area (Å²) >= 11 is 0. The van der Waals surface area contributed by atoms with Crippen molar-refractivity contribution in [2.24, 2.45) is 5.73 Å². The molecule has 13 nitrogen and oxygen atoms in total. The topological polar surface area (TPSA) is 202 Å². The van der Waals surface area contributed by atoms with Gasteiger partial charge in [-0.25, -0.2) is 14.6 Å². The monoisotopic (exact) mass is 743 g/mol. The van der Waals surface area contributed by atoms with Gasteiger partial charge in [-0.1, -0.05) is 36.4 Å². The molecule has 4 rings (SSSR count). The Morgan fingerprint density at radius 1 is 0.769 bits per heavy atom. The number of nitrogens with one attached hydrogen (secondary N) is 3. The van der Waals surface area contributed by atoms with Crippen molar-refractivity contribution in [2.45, 2.75) is 52.0 Å². The second-order valence-corrected chi connectivity index (χ2v) is 11.0. The third-order valence-corrected chi connectivity index (χ3v) is 7.20. The highest BCUT2D eigenvalue weighted by Gasteiger charge is 2.38. The predicted molar refractivity (Wildman–Crippen MR) is 179 cm³/mol. The summed E-state index contributed by atoms with van der Waals surface area (Å²) in [5, 5.41) is 29.8. The third kappa shape index (κ3) is 13.4. The maximum absolute atomic E-state index is 13.2. The van der Waals surface area contributed by atoms with E-state index >= 15 is 0 Å². The molecule has 0 aliphatic rings. The van der Waals surface area contributed by atoms with Crippen molar-refractivity contribution in [2.75, 3.05) is 32.7 Å². The Morgan fingerprint density at radius 2 is 1.25 bits per heavy atom. The van der Waals surface area contributed by atoms with Crippen molar-refractivity contribution in [3.63, 3.8) is 0 Å². The van der Waals surface area contributed by atoms with Crippen LogP contribution in [0.3, 0.4) is 0 Å². The van der Waals surface area contributed by atoms with Gasteiger partial charge in [-0.15, -0.1) is 0 Å². The number of carbonyl (C=O) groups is 4. The molecule has 7 N–H and O–H groups in total. The van der Waals surface area contributed by atoms with Gasteiger partial charge in [0.2, 0.25) is 5.91 Å². The van der Waals surface area contributed by atoms with E-state index in [0.717, 1.165) is 71.2 Å². The van der Waals surface area contributed by atoms with E-state index in [1.165, 1.54) is 0 Å². The van der Waals surface area contributed by atoms with Crippen LogP contribution < -0.4 is 21.7 Å². The van der Waals surface area contributed by atoms with Crippen LogP contribution in [0.15, 0.2) is 48.5 Å². The molecule has 0 bridgehead atoms. The van der Waals surface area contributed by atoms with Crippen molar-refractivity contribution in [3.05, 3.63) is 71.0 Å². The van der Waals surface area contributed by atoms with Gasteiger partial charge in [-0.3, -0.25) is 14.3 Å². The average Bonchev–Trinajstić information content (AvgIpc) is 3.34. The summed E-state index contributed by atoms with van der Waals surface area (Å²) in [4.78, 5) is 48.2. The van der Waals surface area contributed by atoms with Gasteiger partial charge in [-0.2, -0.15) is 31.4 Å². The van der Waals surface area contributed by atoms with E-state index in [0.29, 0.717) is 31.6 Å². The lowest BCUT2D eigenvalue weighted by Crippen LogP contribution is -2.28. The number of aryl methyl sites for hydroxylation is 1. The zero-order valence-electron chi connectivity index (χ0n) is 28.2. The molecule has 2 amide bonds. The smallest absolute Gasteiger partial charge is 0.475 e. The maximum atomic E-state index is 13.2. The van der Waals surface area contributed by atoms with Crippen molar-refractivity contribution in [3.8, 4) is 0 Å². The molecule has 4 aromatic rings. The molecule has 0 atom stereocenters. The van der Waals surface area contributed by atoms with Crippen molar-refractivity contribution in [1.82, 2.24) is 30.7 Å². The number of carbonyl (C=O) groups excluding carboxylic acids is 2. The van der Waals surface area contributed by atoms with Crippen LogP contribution in [0.1, 0.15) is 40.2 Å². The number of carboxylic acid groups (broad SMARTS) is 2. The second kappa shape index (κ2) is 19.9. The van der Waals surface area contributed by atoms with Crippen molar-refractivity contribution in [1.29, 1.82) is 0 Å². The average molecular weight is 744 g/mol. The van der Waals surface area contributed by atoms with Crippen molar-refractivity contribution < 1.29 is 55.7 Å². The number of alkyl halides is 6. The second-order valence-electron chi connectivity index (χ2n) is 11.0. The number of rotatable bonds is 13. The Hall–Kier alpha value is -5.30. The normalized spacial score (nSPS) is 11.2. The largest absolute Gasteiger partial charge is 0.490 e. The van der Waals surface area contributed by atoms with Crippen LogP contribution in [0.25, 0.3) is 21.8 Å². The molecular weight excluding hydrogens is 704 g/mol. The first kappa shape index (κ1) is 42.9. The molecule has 0 spiro atoms. The number of unbranched alkanes of at least 4 members (excludes halogenated alkanes) is 1. The molecule has 284 valence electrons. The van der Waals surface area contributed by atoms with Gasteiger partial charge >= 0.3 is 24.3 Å². The summed E-state index contributed by atoms with van der Waals surface area (Å²) in [5.41, 5.74) is 10.7. The fourth-order valence-electron chi connectivity index (χ4n) is 4.70. The molecule has 0 aliphatic heterocycles. The molecule has 2 aromatic heterocycles. The van der Waals surface area contributed by atoms with Crippen LogP contribution in [0, 0.1) is 13.8 Å². The number of carboxylic acids is 2. The summed E-state index contributed by atoms with van der Waals surface area (Å²) in [6, 6.07) is 15.4. The van der Waals surface area contributed by atoms with E-state index in [9.17, 15) is 35.9 Å². The Labute approximate surface area is 293 Å². The van der Waals surface area contributed by atoms with E-state index in [2.05, 4.69) is 26.0 Å². The molecule has 0 unspecified atom stereocenters. The highest BCUT2D eigenvalue weighted by atomic mass is 19.4. The lowest BCUT2D eigenvalue weighted by molar-refractivity contribution is -0.193. The van der Waals surface area contributed by atoms with Gasteiger partial charge in [0.05, 0.1) is 35.3 Å². The van der Waals surface area contributed by atoms with Crippen LogP contribution in [0.2, 0.25) is 0 Å². The standard InChI is InChI=1S/C29H37N7O2.2C2HF3O2/c1-20-24(21(2)36(35-20)18-17-31-16-13-30)19-27(37)32-14-7-8-15-33-29(38)28-22-9-3-5-11-25(22)34-26-12-6-4-10-23(26)28;2*3-2(4,5)1(6)7/h3-6,9-12,31H,7-8,13-19,30H2,1-2H3,(H,32,37)(H,33,38);2*(H,6,7). The lowest BCUT2D eigenvalue weighted by Gasteiger charge is -2.11. The first-order chi connectivity index (χ1) is 24.4. The third-order valence-electron chi connectivity index (χ3n) is 7.20. The summed E-state index contributed by atoms with van der Waals surface area (Å²) in [5.74, 6) is -5.64. The van der Waals surface area contributed by atoms with Gasteiger partial charge in [-0.05, 0) is 38.8 Å². The number of pyridine rings is 1. The van der Waals surface area contributed by atoms with Crippen molar-refractivity contribution >= 4 is 45.6 Å². The van der Waals surface area contributed by atoms with Crippen LogP contribution in [0.5, 0.6) is 0 Å². The predicted octanol–water partition coefficient (Wildman–Crippen LogP) is 3.89. The summed E-state index contributed by atoms with van der Waals surface area (Å²) < 4.78 is 65.4. The first-order valence-electron chi connectivity index (χ1n) is 15.7. The van der Waals surface area contributed by atoms with Gasteiger partial charge in [0.1, 0.15) is 0 Å². The zero-order valence-corrected chi connectivity index (χ0v) is 28.2. The van der Waals surface area contributed by atoms with E-state index in [-0.39, 0.29) is 11.8 Å². The van der Waals surface area contributed by atoms with Crippen LogP contribution >= 0.6 is 0 Å². The summed E-state index contributed by atoms with van der Waals surface area (Å²) in [6.07, 6.45) is -8.32. The van der Waals surface area contributed by atoms with Gasteiger partial charge < -0.3 is 31.9 Å². The fraction of sp³-hybridized carbons (Fsp3) is 0.394. The quantitative estimate of drug-likeness (QED) is 0.0663. The Morgan fingerprint density at radius 3 is 1.73 bits per heavy atom. The molecule has 52 heavy (non-hydrogen) atoms. The molecule has 0 fully saturated rings. The number of benzene rings is 2. The Bertz CT molecular complexity index is 1750. The number of aliphatic carboxylic acids is 2. The number of aromatic nitrogens is 3. The SMILES string of the molecule is Cc1nn(CCNCCN)c(C)c1CC(=O)NCCCCNC(=O)c1c2ccccc2nc2ccccc12.O=C(O)C(F)(F)F.O=C(O)C(F)(F)F. The molecule has 0 saturated heterocycles. The number of para-hydroxylation sites is 2. The highest BCUT2D eigenvalue weighted by molar-refractivity contribution is 6.16. The number of nitrogens with zero attached hydrogens (tertiary/aromatic N) is 3. The van der Waals surface area contributed by atoms with Crippen LogP contribution in [-0.2, 0) is 27.3 Å². The molecule has 0 aliphatic carbocycles. The molecule has 2 aromatic carbocycles. The lowest BCUT2D eigenvalue weighted by atomic mass is 10.0. The summed E-state index contributed by atoms with van der Waals surface area (Å²) in [6.45, 7) is 7.94. The molecule has 0 saturated carbocycles. The summed E-state index contributed by atoms with van der Waals surface area (Å²) in [7, 11) is 0. The number of hydrogen-bond donors (Lipinski definition) is 6. The van der Waals surface area contributed by atoms with E-state index in [4.69, 9.17) is 25.5 Å². The Balaban J connectivity index is 0.000000564. The molecule has 19 heteroatoms. The highest BCUT2D eigenvalue weighted by Crippen LogP contribution is 2.26. The number of hydrogen-bond acceptors (Lipinski definition) is 8. The van der Waals surface area contributed by atoms with Crippen LogP contribution in [0.4, 0.5) is 26.3 Å². The minimum atomic E-state index is -5.08. The van der Waals surface area contributed by atoms with E-state index in [1.807, 2.05) is 67.1 Å². The zero-order chi connectivity index (χ0) is 39.1. The minimum absolute atomic E-state index is 0.0178. The van der Waals surface area contributed by atoms with E-state index in [1.54, 1.807) is 0 Å². The molecule has 2 heterocycles. The number of fused-ring (bicyclic) bond motifs is 2. The van der Waals surface area contributed by atoms with Gasteiger partial charge in [0.25, 0.3) is 5.91 Å². The maximum Gasteiger partial charge on any atom is 0.490 e. The Kier molecular flexibility index (Phi) is 16.4. The van der Waals surface area contributed by atoms with Crippen LogP contribution in [-0.4, -0.2) is 93.8 Å². The number of amides is 2.